The Morgan fingerprint density at radius 1 is 1.12 bits per heavy atom. The standard InChI is InChI=1S/C23H24N2O6S/c1-13(2)31-20(26)12-24-21(27)19(32-23(24)29)11-17-10-14(3)25(15(17)4)18-8-6-16(7-9-18)22(28)30-5/h6-11,13H,12H2,1-5H3/b19-11+. The largest absolute Gasteiger partial charge is 0.465 e. The summed E-state index contributed by atoms with van der Waals surface area (Å²) in [5.41, 5.74) is 3.84. The van der Waals surface area contributed by atoms with Crippen molar-refractivity contribution in [2.45, 2.75) is 33.8 Å². The topological polar surface area (TPSA) is 94.9 Å². The first-order valence-corrected chi connectivity index (χ1v) is 10.8. The molecular formula is C23H24N2O6S. The van der Waals surface area contributed by atoms with Gasteiger partial charge in [-0.3, -0.25) is 19.3 Å². The molecule has 0 unspecified atom stereocenters. The fraction of sp³-hybridized carbons (Fsp3) is 0.304. The molecule has 168 valence electrons. The minimum Gasteiger partial charge on any atom is -0.465 e. The van der Waals surface area contributed by atoms with E-state index in [1.165, 1.54) is 7.11 Å². The zero-order valence-corrected chi connectivity index (χ0v) is 19.3. The number of aryl methyl sites for hydroxylation is 1. The Morgan fingerprint density at radius 2 is 1.78 bits per heavy atom. The van der Waals surface area contributed by atoms with Crippen molar-refractivity contribution in [3.8, 4) is 5.69 Å². The van der Waals surface area contributed by atoms with E-state index in [4.69, 9.17) is 9.47 Å². The molecule has 1 aromatic heterocycles. The number of hydrogen-bond donors (Lipinski definition) is 0. The van der Waals surface area contributed by atoms with Crippen LogP contribution in [0.1, 0.15) is 41.2 Å². The van der Waals surface area contributed by atoms with Gasteiger partial charge >= 0.3 is 11.9 Å². The molecule has 3 rings (SSSR count). The van der Waals surface area contributed by atoms with E-state index < -0.39 is 29.6 Å². The highest BCUT2D eigenvalue weighted by Crippen LogP contribution is 2.33. The molecule has 2 amide bonds. The van der Waals surface area contributed by atoms with Crippen LogP contribution in [-0.4, -0.2) is 52.3 Å². The molecule has 0 radical (unpaired) electrons. The fourth-order valence-electron chi connectivity index (χ4n) is 3.40. The van der Waals surface area contributed by atoms with Crippen LogP contribution < -0.4 is 0 Å². The first-order chi connectivity index (χ1) is 15.1. The minimum absolute atomic E-state index is 0.244. The molecule has 9 heteroatoms. The Hall–Kier alpha value is -3.33. The highest BCUT2D eigenvalue weighted by Gasteiger charge is 2.37. The van der Waals surface area contributed by atoms with Gasteiger partial charge in [-0.1, -0.05) is 0 Å². The number of carbonyl (C=O) groups excluding carboxylic acids is 4. The van der Waals surface area contributed by atoms with Crippen LogP contribution >= 0.6 is 11.8 Å². The molecule has 0 spiro atoms. The summed E-state index contributed by atoms with van der Waals surface area (Å²) in [7, 11) is 1.33. The monoisotopic (exact) mass is 456 g/mol. The number of thioether (sulfide) groups is 1. The molecule has 0 atom stereocenters. The van der Waals surface area contributed by atoms with Crippen molar-refractivity contribution in [1.82, 2.24) is 9.47 Å². The molecule has 0 N–H and O–H groups in total. The molecule has 1 aliphatic rings. The molecule has 0 aliphatic carbocycles. The van der Waals surface area contributed by atoms with E-state index in [2.05, 4.69) is 0 Å². The first kappa shape index (κ1) is 23.3. The van der Waals surface area contributed by atoms with Crippen LogP contribution in [0.25, 0.3) is 11.8 Å². The summed E-state index contributed by atoms with van der Waals surface area (Å²) in [6.45, 7) is 6.81. The molecule has 2 heterocycles. The minimum atomic E-state index is -0.628. The lowest BCUT2D eigenvalue weighted by atomic mass is 10.2. The number of nitrogens with zero attached hydrogens (tertiary/aromatic N) is 2. The van der Waals surface area contributed by atoms with Gasteiger partial charge in [0.05, 0.1) is 23.7 Å². The summed E-state index contributed by atoms with van der Waals surface area (Å²) in [4.78, 5) is 49.7. The highest BCUT2D eigenvalue weighted by atomic mass is 32.2. The second-order valence-corrected chi connectivity index (χ2v) is 8.50. The van der Waals surface area contributed by atoms with Gasteiger partial charge in [-0.2, -0.15) is 0 Å². The molecule has 2 aromatic rings. The zero-order chi connectivity index (χ0) is 23.6. The van der Waals surface area contributed by atoms with Gasteiger partial charge in [-0.05, 0) is 81.4 Å². The number of esters is 2. The molecule has 1 aliphatic heterocycles. The van der Waals surface area contributed by atoms with E-state index in [1.54, 1.807) is 32.1 Å². The van der Waals surface area contributed by atoms with Gasteiger partial charge in [0.15, 0.2) is 0 Å². The second-order valence-electron chi connectivity index (χ2n) is 7.51. The fourth-order valence-corrected chi connectivity index (χ4v) is 4.23. The van der Waals surface area contributed by atoms with Crippen molar-refractivity contribution >= 4 is 40.9 Å². The lowest BCUT2D eigenvalue weighted by Crippen LogP contribution is -2.35. The molecule has 8 nitrogen and oxygen atoms in total. The molecule has 1 fully saturated rings. The summed E-state index contributed by atoms with van der Waals surface area (Å²) < 4.78 is 11.7. The second kappa shape index (κ2) is 9.44. The Kier molecular flexibility index (Phi) is 6.88. The van der Waals surface area contributed by atoms with Crippen LogP contribution in [0, 0.1) is 13.8 Å². The van der Waals surface area contributed by atoms with Crippen LogP contribution in [0.2, 0.25) is 0 Å². The molecule has 0 bridgehead atoms. The number of hydrogen-bond acceptors (Lipinski definition) is 7. The van der Waals surface area contributed by atoms with Gasteiger partial charge in [0.2, 0.25) is 0 Å². The Balaban J connectivity index is 1.86. The van der Waals surface area contributed by atoms with Crippen molar-refractivity contribution in [3.05, 3.63) is 57.8 Å². The number of aromatic nitrogens is 1. The molecule has 0 saturated carbocycles. The first-order valence-electron chi connectivity index (χ1n) is 9.95. The van der Waals surface area contributed by atoms with E-state index in [0.29, 0.717) is 5.56 Å². The lowest BCUT2D eigenvalue weighted by Gasteiger charge is -2.13. The third kappa shape index (κ3) is 4.77. The smallest absolute Gasteiger partial charge is 0.337 e. The maximum absolute atomic E-state index is 12.7. The summed E-state index contributed by atoms with van der Waals surface area (Å²) in [5.74, 6) is -1.56. The number of amides is 2. The zero-order valence-electron chi connectivity index (χ0n) is 18.5. The average Bonchev–Trinajstić information content (AvgIpc) is 3.16. The van der Waals surface area contributed by atoms with Crippen LogP contribution in [0.4, 0.5) is 4.79 Å². The summed E-state index contributed by atoms with van der Waals surface area (Å²) in [5, 5.41) is -0.505. The average molecular weight is 457 g/mol. The summed E-state index contributed by atoms with van der Waals surface area (Å²) in [6, 6.07) is 8.89. The van der Waals surface area contributed by atoms with Crippen molar-refractivity contribution in [2.24, 2.45) is 0 Å². The van der Waals surface area contributed by atoms with Crippen molar-refractivity contribution in [3.63, 3.8) is 0 Å². The quantitative estimate of drug-likeness (QED) is 0.481. The Morgan fingerprint density at radius 3 is 2.38 bits per heavy atom. The third-order valence-electron chi connectivity index (χ3n) is 4.83. The molecule has 32 heavy (non-hydrogen) atoms. The van der Waals surface area contributed by atoms with Crippen LogP contribution in [-0.2, 0) is 19.1 Å². The van der Waals surface area contributed by atoms with E-state index in [9.17, 15) is 19.2 Å². The van der Waals surface area contributed by atoms with Gasteiger partial charge in [-0.15, -0.1) is 0 Å². The summed E-state index contributed by atoms with van der Waals surface area (Å²) in [6.07, 6.45) is 1.32. The number of methoxy groups -OCH3 is 1. The SMILES string of the molecule is COC(=O)c1ccc(-n2c(C)cc(/C=C3/SC(=O)N(CC(=O)OC(C)C)C3=O)c2C)cc1. The number of imide groups is 1. The van der Waals surface area contributed by atoms with Gasteiger partial charge in [0.1, 0.15) is 6.54 Å². The van der Waals surface area contributed by atoms with Crippen molar-refractivity contribution in [2.75, 3.05) is 13.7 Å². The van der Waals surface area contributed by atoms with Gasteiger partial charge < -0.3 is 14.0 Å². The van der Waals surface area contributed by atoms with E-state index in [1.807, 2.05) is 36.6 Å². The van der Waals surface area contributed by atoms with Crippen molar-refractivity contribution < 1.29 is 28.7 Å². The molecular weight excluding hydrogens is 432 g/mol. The third-order valence-corrected chi connectivity index (χ3v) is 5.74. The van der Waals surface area contributed by atoms with Crippen LogP contribution in [0.3, 0.4) is 0 Å². The van der Waals surface area contributed by atoms with Gasteiger partial charge in [0, 0.05) is 17.1 Å². The lowest BCUT2D eigenvalue weighted by molar-refractivity contribution is -0.149. The molecule has 1 saturated heterocycles. The maximum Gasteiger partial charge on any atom is 0.337 e. The van der Waals surface area contributed by atoms with E-state index in [0.717, 1.165) is 39.3 Å². The Labute approximate surface area is 190 Å². The number of carbonyl (C=O) groups is 4. The normalized spacial score (nSPS) is 15.1. The van der Waals surface area contributed by atoms with Crippen LogP contribution in [0.5, 0.6) is 0 Å². The van der Waals surface area contributed by atoms with Crippen molar-refractivity contribution in [1.29, 1.82) is 0 Å². The summed E-state index contributed by atoms with van der Waals surface area (Å²) >= 11 is 0.795. The van der Waals surface area contributed by atoms with Crippen LogP contribution in [0.15, 0.2) is 35.2 Å². The van der Waals surface area contributed by atoms with E-state index in [-0.39, 0.29) is 11.0 Å². The number of rotatable bonds is 6. The predicted molar refractivity (Wildman–Crippen MR) is 120 cm³/mol. The number of benzene rings is 1. The van der Waals surface area contributed by atoms with Gasteiger partial charge in [-0.25, -0.2) is 4.79 Å². The number of ether oxygens (including phenoxy) is 2. The van der Waals surface area contributed by atoms with Gasteiger partial charge in [0.25, 0.3) is 11.1 Å². The maximum atomic E-state index is 12.7. The molecule has 1 aromatic carbocycles. The highest BCUT2D eigenvalue weighted by molar-refractivity contribution is 8.18. The Bertz CT molecular complexity index is 1110. The van der Waals surface area contributed by atoms with E-state index >= 15 is 0 Å². The predicted octanol–water partition coefficient (Wildman–Crippen LogP) is 3.87.